The zero-order valence-corrected chi connectivity index (χ0v) is 16.6. The van der Waals surface area contributed by atoms with Gasteiger partial charge in [0.05, 0.1) is 28.1 Å². The van der Waals surface area contributed by atoms with Gasteiger partial charge in [-0.3, -0.25) is 9.36 Å². The van der Waals surface area contributed by atoms with Crippen LogP contribution in [0.5, 0.6) is 0 Å². The van der Waals surface area contributed by atoms with Crippen LogP contribution < -0.4 is 5.32 Å². The molecule has 0 saturated heterocycles. The van der Waals surface area contributed by atoms with Gasteiger partial charge in [0.2, 0.25) is 0 Å². The molecule has 0 saturated carbocycles. The predicted molar refractivity (Wildman–Crippen MR) is 115 cm³/mol. The molecule has 8 heteroatoms. The van der Waals surface area contributed by atoms with Gasteiger partial charge in [-0.1, -0.05) is 17.7 Å². The number of benzene rings is 1. The molecular weight excluding hydrogens is 386 g/mol. The Kier molecular flexibility index (Phi) is 4.10. The first-order valence-corrected chi connectivity index (χ1v) is 9.47. The van der Waals surface area contributed by atoms with Gasteiger partial charge in [-0.2, -0.15) is 10.2 Å². The zero-order chi connectivity index (χ0) is 20.0. The van der Waals surface area contributed by atoms with Crippen LogP contribution in [0, 0.1) is 0 Å². The number of anilines is 2. The maximum Gasteiger partial charge on any atom is 0.132 e. The van der Waals surface area contributed by atoms with Gasteiger partial charge < -0.3 is 10.3 Å². The molecule has 0 bridgehead atoms. The molecule has 7 nitrogen and oxygen atoms in total. The summed E-state index contributed by atoms with van der Waals surface area (Å²) in [6.45, 7) is 0. The van der Waals surface area contributed by atoms with Gasteiger partial charge in [-0.25, -0.2) is 4.98 Å². The van der Waals surface area contributed by atoms with Crippen LogP contribution in [0.15, 0.2) is 61.2 Å². The number of aryl methyl sites for hydroxylation is 2. The van der Waals surface area contributed by atoms with E-state index in [9.17, 15) is 0 Å². The summed E-state index contributed by atoms with van der Waals surface area (Å²) in [5.41, 5.74) is 5.67. The number of hydrogen-bond donors (Lipinski definition) is 2. The van der Waals surface area contributed by atoms with Gasteiger partial charge in [-0.05, 0) is 24.3 Å². The highest BCUT2D eigenvalue weighted by molar-refractivity contribution is 6.33. The third-order valence-electron chi connectivity index (χ3n) is 4.76. The summed E-state index contributed by atoms with van der Waals surface area (Å²) in [6.07, 6.45) is 7.55. The van der Waals surface area contributed by atoms with Crippen molar-refractivity contribution >= 4 is 34.0 Å². The van der Waals surface area contributed by atoms with E-state index in [0.717, 1.165) is 39.1 Å². The average molecular weight is 404 g/mol. The van der Waals surface area contributed by atoms with E-state index >= 15 is 0 Å². The number of rotatable bonds is 4. The number of nitrogens with zero attached hydrogens (tertiary/aromatic N) is 5. The first kappa shape index (κ1) is 17.5. The lowest BCUT2D eigenvalue weighted by Crippen LogP contribution is -1.94. The van der Waals surface area contributed by atoms with E-state index in [1.54, 1.807) is 9.36 Å². The fraction of sp³-hybridized carbons (Fsp3) is 0.0952. The number of aromatic nitrogens is 6. The summed E-state index contributed by atoms with van der Waals surface area (Å²) >= 11 is 6.50. The molecule has 4 aromatic heterocycles. The summed E-state index contributed by atoms with van der Waals surface area (Å²) in [6, 6.07) is 11.8. The maximum absolute atomic E-state index is 6.50. The van der Waals surface area contributed by atoms with E-state index in [2.05, 4.69) is 31.5 Å². The Labute approximate surface area is 172 Å². The molecule has 0 aliphatic rings. The fourth-order valence-electron chi connectivity index (χ4n) is 3.29. The van der Waals surface area contributed by atoms with E-state index in [1.165, 1.54) is 0 Å². The Morgan fingerprint density at radius 3 is 2.62 bits per heavy atom. The van der Waals surface area contributed by atoms with Crippen LogP contribution in [0.4, 0.5) is 11.5 Å². The summed E-state index contributed by atoms with van der Waals surface area (Å²) < 4.78 is 3.55. The van der Waals surface area contributed by atoms with Crippen LogP contribution in [0.25, 0.3) is 33.4 Å². The number of halogens is 1. The summed E-state index contributed by atoms with van der Waals surface area (Å²) in [5.74, 6) is 0.713. The molecule has 0 aliphatic carbocycles. The summed E-state index contributed by atoms with van der Waals surface area (Å²) in [4.78, 5) is 7.94. The molecule has 0 aliphatic heterocycles. The van der Waals surface area contributed by atoms with Crippen LogP contribution in [0.1, 0.15) is 0 Å². The number of H-pyrrole nitrogens is 1. The molecule has 0 radical (unpaired) electrons. The van der Waals surface area contributed by atoms with Gasteiger partial charge in [0, 0.05) is 61.0 Å². The topological polar surface area (TPSA) is 76.3 Å². The largest absolute Gasteiger partial charge is 0.354 e. The monoisotopic (exact) mass is 403 g/mol. The fourth-order valence-corrected chi connectivity index (χ4v) is 3.52. The van der Waals surface area contributed by atoms with E-state index < -0.39 is 0 Å². The average Bonchev–Trinajstić information content (AvgIpc) is 3.42. The van der Waals surface area contributed by atoms with Crippen molar-refractivity contribution in [3.05, 3.63) is 66.2 Å². The van der Waals surface area contributed by atoms with Crippen LogP contribution in [0.2, 0.25) is 5.02 Å². The Hall–Kier alpha value is -3.58. The Morgan fingerprint density at radius 1 is 1.00 bits per heavy atom. The third-order valence-corrected chi connectivity index (χ3v) is 5.07. The number of hydrogen-bond acceptors (Lipinski definition) is 4. The molecule has 29 heavy (non-hydrogen) atoms. The lowest BCUT2D eigenvalue weighted by Gasteiger charge is -2.09. The van der Waals surface area contributed by atoms with Gasteiger partial charge >= 0.3 is 0 Å². The SMILES string of the molecule is Cn1cc(-c2cc3cnc(Nc4ccc(-c5ccn(C)n5)cc4Cl)cc3[nH]2)cn1. The van der Waals surface area contributed by atoms with Crippen molar-refractivity contribution in [3.63, 3.8) is 0 Å². The second-order valence-corrected chi connectivity index (χ2v) is 7.34. The van der Waals surface area contributed by atoms with E-state index in [-0.39, 0.29) is 0 Å². The van der Waals surface area contributed by atoms with Crippen molar-refractivity contribution in [2.45, 2.75) is 0 Å². The molecule has 0 spiro atoms. The van der Waals surface area contributed by atoms with Crippen molar-refractivity contribution < 1.29 is 0 Å². The van der Waals surface area contributed by atoms with Crippen molar-refractivity contribution in [3.8, 4) is 22.5 Å². The number of fused-ring (bicyclic) bond motifs is 1. The van der Waals surface area contributed by atoms with Crippen molar-refractivity contribution in [1.29, 1.82) is 0 Å². The Bertz CT molecular complexity index is 1330. The Balaban J connectivity index is 1.42. The van der Waals surface area contributed by atoms with Gasteiger partial charge in [-0.15, -0.1) is 0 Å². The minimum atomic E-state index is 0.609. The van der Waals surface area contributed by atoms with Gasteiger partial charge in [0.15, 0.2) is 0 Å². The molecule has 4 heterocycles. The van der Waals surface area contributed by atoms with E-state index in [0.29, 0.717) is 10.8 Å². The second kappa shape index (κ2) is 6.79. The highest BCUT2D eigenvalue weighted by Gasteiger charge is 2.09. The van der Waals surface area contributed by atoms with Crippen molar-refractivity contribution in [2.75, 3.05) is 5.32 Å². The first-order chi connectivity index (χ1) is 14.0. The molecule has 0 unspecified atom stereocenters. The van der Waals surface area contributed by atoms with Gasteiger partial charge in [0.25, 0.3) is 0 Å². The molecule has 0 fully saturated rings. The highest BCUT2D eigenvalue weighted by atomic mass is 35.5. The molecule has 2 N–H and O–H groups in total. The Morgan fingerprint density at radius 2 is 1.90 bits per heavy atom. The van der Waals surface area contributed by atoms with Crippen molar-refractivity contribution in [1.82, 2.24) is 29.5 Å². The molecular formula is C21H18ClN7. The quantitative estimate of drug-likeness (QED) is 0.453. The van der Waals surface area contributed by atoms with Gasteiger partial charge in [0.1, 0.15) is 5.82 Å². The minimum Gasteiger partial charge on any atom is -0.354 e. The second-order valence-electron chi connectivity index (χ2n) is 6.94. The minimum absolute atomic E-state index is 0.609. The zero-order valence-electron chi connectivity index (χ0n) is 15.9. The maximum atomic E-state index is 6.50. The van der Waals surface area contributed by atoms with Crippen LogP contribution >= 0.6 is 11.6 Å². The number of aromatic amines is 1. The standard InChI is InChI=1S/C21H18ClN7/c1-28-6-5-17(27-28)13-3-4-18(16(22)7-13)26-21-9-20-14(10-23-21)8-19(25-20)15-11-24-29(2)12-15/h3-12,25H,1-2H3,(H,23,26). The normalized spacial score (nSPS) is 11.3. The number of nitrogens with one attached hydrogen (secondary N) is 2. The lowest BCUT2D eigenvalue weighted by molar-refractivity contribution is 0.768. The van der Waals surface area contributed by atoms with Crippen LogP contribution in [0.3, 0.4) is 0 Å². The van der Waals surface area contributed by atoms with Crippen LogP contribution in [-0.2, 0) is 14.1 Å². The molecule has 0 amide bonds. The van der Waals surface area contributed by atoms with Crippen LogP contribution in [-0.4, -0.2) is 29.5 Å². The summed E-state index contributed by atoms with van der Waals surface area (Å²) in [7, 11) is 3.79. The third kappa shape index (κ3) is 3.36. The molecule has 0 atom stereocenters. The molecule has 1 aromatic carbocycles. The molecule has 5 rings (SSSR count). The lowest BCUT2D eigenvalue weighted by atomic mass is 10.1. The molecule has 5 aromatic rings. The summed E-state index contributed by atoms with van der Waals surface area (Å²) in [5, 5.41) is 13.6. The van der Waals surface area contributed by atoms with E-state index in [1.807, 2.05) is 69.2 Å². The smallest absolute Gasteiger partial charge is 0.132 e. The highest BCUT2D eigenvalue weighted by Crippen LogP contribution is 2.31. The molecule has 144 valence electrons. The first-order valence-electron chi connectivity index (χ1n) is 9.09. The van der Waals surface area contributed by atoms with E-state index in [4.69, 9.17) is 11.6 Å². The van der Waals surface area contributed by atoms with Crippen molar-refractivity contribution in [2.24, 2.45) is 14.1 Å². The predicted octanol–water partition coefficient (Wildman–Crippen LogP) is 4.76. The number of pyridine rings is 1.